The molecule has 34 heavy (non-hydrogen) atoms. The van der Waals surface area contributed by atoms with Crippen LogP contribution in [0.15, 0.2) is 54.6 Å². The molecule has 0 saturated heterocycles. The number of aromatic carboxylic acids is 1. The summed E-state index contributed by atoms with van der Waals surface area (Å²) in [4.78, 5) is 11.4. The third kappa shape index (κ3) is 3.39. The van der Waals surface area contributed by atoms with Crippen molar-refractivity contribution in [3.8, 4) is 28.6 Å². The van der Waals surface area contributed by atoms with E-state index in [1.54, 1.807) is 31.2 Å². The molecule has 1 aliphatic rings. The van der Waals surface area contributed by atoms with E-state index >= 15 is 0 Å². The van der Waals surface area contributed by atoms with Crippen LogP contribution in [-0.2, 0) is 0 Å². The molecular weight excluding hydrogens is 438 g/mol. The summed E-state index contributed by atoms with van der Waals surface area (Å²) < 4.78 is 30.4. The van der Waals surface area contributed by atoms with Crippen LogP contribution in [0.2, 0.25) is 0 Å². The van der Waals surface area contributed by atoms with E-state index in [4.69, 9.17) is 0 Å². The number of halogens is 2. The molecule has 1 saturated carbocycles. The summed E-state index contributed by atoms with van der Waals surface area (Å²) >= 11 is 0. The van der Waals surface area contributed by atoms with Gasteiger partial charge in [-0.3, -0.25) is 0 Å². The first-order chi connectivity index (χ1) is 16.3. The van der Waals surface area contributed by atoms with Gasteiger partial charge in [0.1, 0.15) is 17.4 Å². The molecule has 0 spiro atoms. The first kappa shape index (κ1) is 21.7. The molecule has 3 aromatic carbocycles. The van der Waals surface area contributed by atoms with Crippen molar-refractivity contribution in [1.29, 1.82) is 5.26 Å². The number of phenolic OH excluding ortho intramolecular Hbond substituents is 1. The maximum absolute atomic E-state index is 14.5. The number of aryl methyl sites for hydroxylation is 1. The smallest absolute Gasteiger partial charge is 0.335 e. The van der Waals surface area contributed by atoms with Gasteiger partial charge in [0.25, 0.3) is 0 Å². The van der Waals surface area contributed by atoms with Crippen molar-refractivity contribution in [2.45, 2.75) is 25.7 Å². The second-order valence-electron chi connectivity index (χ2n) is 8.73. The molecule has 1 aliphatic carbocycles. The van der Waals surface area contributed by atoms with Gasteiger partial charge in [-0.25, -0.2) is 13.6 Å². The Morgan fingerprint density at radius 2 is 1.79 bits per heavy atom. The van der Waals surface area contributed by atoms with Crippen LogP contribution in [0.3, 0.4) is 0 Å². The number of rotatable bonds is 4. The van der Waals surface area contributed by atoms with E-state index in [2.05, 4.69) is 6.07 Å². The Morgan fingerprint density at radius 1 is 1.09 bits per heavy atom. The van der Waals surface area contributed by atoms with Gasteiger partial charge in [-0.1, -0.05) is 12.1 Å². The van der Waals surface area contributed by atoms with E-state index in [-0.39, 0.29) is 29.0 Å². The highest BCUT2D eigenvalue weighted by Gasteiger charge is 2.37. The number of nitriles is 1. The number of aromatic hydroxyl groups is 1. The van der Waals surface area contributed by atoms with Crippen LogP contribution in [0.25, 0.3) is 27.7 Å². The Hall–Kier alpha value is -4.18. The van der Waals surface area contributed by atoms with E-state index in [0.29, 0.717) is 46.1 Å². The molecule has 5 rings (SSSR count). The van der Waals surface area contributed by atoms with Crippen molar-refractivity contribution >= 4 is 16.9 Å². The van der Waals surface area contributed by atoms with Crippen LogP contribution < -0.4 is 0 Å². The van der Waals surface area contributed by atoms with Crippen molar-refractivity contribution < 1.29 is 23.8 Å². The lowest BCUT2D eigenvalue weighted by molar-refractivity contribution is 0.0697. The van der Waals surface area contributed by atoms with Crippen molar-refractivity contribution in [1.82, 2.24) is 4.57 Å². The Balaban J connectivity index is 1.87. The van der Waals surface area contributed by atoms with Crippen LogP contribution in [0.1, 0.15) is 40.4 Å². The van der Waals surface area contributed by atoms with Gasteiger partial charge in [0.05, 0.1) is 22.5 Å². The average molecular weight is 458 g/mol. The molecule has 5 nitrogen and oxygen atoms in total. The number of phenols is 1. The Labute approximate surface area is 194 Å². The Morgan fingerprint density at radius 3 is 2.41 bits per heavy atom. The Kier molecular flexibility index (Phi) is 5.09. The molecule has 1 aromatic heterocycles. The topological polar surface area (TPSA) is 86.2 Å². The SMILES string of the molecule is Cc1cc(-n2c(C3CC(C#N)C3)c(-c3ccc(C(=O)O)cc3)c3c(O)cc(F)cc32)ccc1F. The van der Waals surface area contributed by atoms with E-state index in [1.165, 1.54) is 24.3 Å². The summed E-state index contributed by atoms with van der Waals surface area (Å²) in [5.41, 5.74) is 3.64. The fourth-order valence-electron chi connectivity index (χ4n) is 4.83. The standard InChI is InChI=1S/C27H20F2N2O3/c1-14-8-20(6-7-21(14)29)31-22-11-19(28)12-23(32)25(22)24(26(31)18-9-15(10-18)13-30)16-2-4-17(5-3-16)27(33)34/h2-8,11-12,15,18,32H,9-10H2,1H3,(H,33,34). The van der Waals surface area contributed by atoms with Crippen LogP contribution >= 0.6 is 0 Å². The normalized spacial score (nSPS) is 17.4. The second-order valence-corrected chi connectivity index (χ2v) is 8.73. The van der Waals surface area contributed by atoms with E-state index in [1.807, 2.05) is 4.57 Å². The molecule has 1 heterocycles. The molecule has 2 N–H and O–H groups in total. The lowest BCUT2D eigenvalue weighted by Crippen LogP contribution is -2.23. The van der Waals surface area contributed by atoms with E-state index < -0.39 is 11.8 Å². The summed E-state index contributed by atoms with van der Waals surface area (Å²) in [5.74, 6) is -2.46. The molecule has 0 aliphatic heterocycles. The van der Waals surface area contributed by atoms with Crippen molar-refractivity contribution in [2.75, 3.05) is 0 Å². The van der Waals surface area contributed by atoms with Crippen molar-refractivity contribution in [3.63, 3.8) is 0 Å². The largest absolute Gasteiger partial charge is 0.507 e. The number of carboxylic acid groups (broad SMARTS) is 1. The van der Waals surface area contributed by atoms with Gasteiger partial charge < -0.3 is 14.8 Å². The number of fused-ring (bicyclic) bond motifs is 1. The van der Waals surface area contributed by atoms with Crippen molar-refractivity contribution in [2.24, 2.45) is 5.92 Å². The van der Waals surface area contributed by atoms with Gasteiger partial charge in [0, 0.05) is 34.8 Å². The maximum Gasteiger partial charge on any atom is 0.335 e. The van der Waals surface area contributed by atoms with Crippen LogP contribution in [0, 0.1) is 35.8 Å². The summed E-state index contributed by atoms with van der Waals surface area (Å²) in [6.07, 6.45) is 1.19. The molecule has 0 radical (unpaired) electrons. The molecular formula is C27H20F2N2O3. The number of carboxylic acids is 1. The number of nitrogens with zero attached hydrogens (tertiary/aromatic N) is 2. The predicted molar refractivity (Wildman–Crippen MR) is 123 cm³/mol. The van der Waals surface area contributed by atoms with Crippen molar-refractivity contribution in [3.05, 3.63) is 83.1 Å². The minimum atomic E-state index is -1.06. The second kappa shape index (κ2) is 7.99. The molecule has 4 aromatic rings. The van der Waals surface area contributed by atoms with Gasteiger partial charge in [0.15, 0.2) is 0 Å². The molecule has 170 valence electrons. The fourth-order valence-corrected chi connectivity index (χ4v) is 4.83. The number of hydrogen-bond donors (Lipinski definition) is 2. The first-order valence-electron chi connectivity index (χ1n) is 10.8. The highest BCUT2D eigenvalue weighted by molar-refractivity contribution is 6.03. The zero-order valence-electron chi connectivity index (χ0n) is 18.2. The molecule has 0 atom stereocenters. The molecule has 0 bridgehead atoms. The third-order valence-corrected chi connectivity index (χ3v) is 6.58. The zero-order valence-corrected chi connectivity index (χ0v) is 18.2. The molecule has 1 fully saturated rings. The van der Waals surface area contributed by atoms with Crippen LogP contribution in [0.5, 0.6) is 5.75 Å². The minimum Gasteiger partial charge on any atom is -0.507 e. The van der Waals surface area contributed by atoms with Gasteiger partial charge in [-0.2, -0.15) is 5.26 Å². The third-order valence-electron chi connectivity index (χ3n) is 6.58. The van der Waals surface area contributed by atoms with E-state index in [9.17, 15) is 29.1 Å². The van der Waals surface area contributed by atoms with Gasteiger partial charge >= 0.3 is 5.97 Å². The first-order valence-corrected chi connectivity index (χ1v) is 10.8. The van der Waals surface area contributed by atoms with Crippen LogP contribution in [0.4, 0.5) is 8.78 Å². The number of aromatic nitrogens is 1. The minimum absolute atomic E-state index is 0.0565. The summed E-state index contributed by atoms with van der Waals surface area (Å²) in [7, 11) is 0. The fraction of sp³-hybridized carbons (Fsp3) is 0.185. The predicted octanol–water partition coefficient (Wildman–Crippen LogP) is 6.31. The van der Waals surface area contributed by atoms with Gasteiger partial charge in [0.2, 0.25) is 0 Å². The molecule has 0 unspecified atom stereocenters. The highest BCUT2D eigenvalue weighted by atomic mass is 19.1. The molecule has 7 heteroatoms. The number of hydrogen-bond acceptors (Lipinski definition) is 3. The quantitative estimate of drug-likeness (QED) is 0.375. The van der Waals surface area contributed by atoms with E-state index in [0.717, 1.165) is 11.8 Å². The average Bonchev–Trinajstić information content (AvgIpc) is 3.10. The zero-order chi connectivity index (χ0) is 24.1. The molecule has 0 amide bonds. The number of benzene rings is 3. The lowest BCUT2D eigenvalue weighted by Gasteiger charge is -2.33. The maximum atomic E-state index is 14.5. The Bertz CT molecular complexity index is 1490. The van der Waals surface area contributed by atoms with Crippen LogP contribution in [-0.4, -0.2) is 20.7 Å². The van der Waals surface area contributed by atoms with Gasteiger partial charge in [-0.15, -0.1) is 0 Å². The summed E-state index contributed by atoms with van der Waals surface area (Å²) in [6, 6.07) is 15.5. The monoisotopic (exact) mass is 458 g/mol. The number of carbonyl (C=O) groups is 1. The summed E-state index contributed by atoms with van der Waals surface area (Å²) in [6.45, 7) is 1.64. The van der Waals surface area contributed by atoms with Gasteiger partial charge in [-0.05, 0) is 67.3 Å². The summed E-state index contributed by atoms with van der Waals surface area (Å²) in [5, 5.41) is 29.9. The lowest BCUT2D eigenvalue weighted by atomic mass is 9.72. The highest BCUT2D eigenvalue weighted by Crippen LogP contribution is 2.51.